The summed E-state index contributed by atoms with van der Waals surface area (Å²) in [5.41, 5.74) is 0. The first-order chi connectivity index (χ1) is 7.34. The van der Waals surface area contributed by atoms with E-state index in [1.165, 1.54) is 30.1 Å². The van der Waals surface area contributed by atoms with Crippen molar-refractivity contribution in [1.29, 1.82) is 0 Å². The van der Waals surface area contributed by atoms with Gasteiger partial charge in [-0.2, -0.15) is 0 Å². The number of thioether (sulfide) groups is 1. The zero-order chi connectivity index (χ0) is 10.5. The highest BCUT2D eigenvalue weighted by atomic mass is 32.2. The van der Waals surface area contributed by atoms with E-state index in [0.29, 0.717) is 0 Å². The molecular formula is C11H17NOS2. The summed E-state index contributed by atoms with van der Waals surface area (Å²) in [6.07, 6.45) is 2.41. The summed E-state index contributed by atoms with van der Waals surface area (Å²) in [4.78, 5) is 2.36. The number of likely N-dealkylation sites (tertiary alicyclic amines) is 1. The number of rotatable bonds is 5. The Morgan fingerprint density at radius 3 is 2.93 bits per heavy atom. The van der Waals surface area contributed by atoms with Crippen LogP contribution in [0.15, 0.2) is 21.7 Å². The number of thiophene rings is 1. The van der Waals surface area contributed by atoms with Crippen molar-refractivity contribution in [2.45, 2.75) is 23.2 Å². The lowest BCUT2D eigenvalue weighted by molar-refractivity contribution is 0.145. The Bertz CT molecular complexity index is 270. The van der Waals surface area contributed by atoms with Gasteiger partial charge in [0.25, 0.3) is 0 Å². The average Bonchev–Trinajstić information content (AvgIpc) is 2.86. The van der Waals surface area contributed by atoms with E-state index >= 15 is 0 Å². The minimum atomic E-state index is -0.185. The highest BCUT2D eigenvalue weighted by Crippen LogP contribution is 2.24. The van der Waals surface area contributed by atoms with Gasteiger partial charge in [0.1, 0.15) is 0 Å². The zero-order valence-electron chi connectivity index (χ0n) is 8.76. The van der Waals surface area contributed by atoms with E-state index in [4.69, 9.17) is 0 Å². The van der Waals surface area contributed by atoms with Crippen molar-refractivity contribution in [3.8, 4) is 0 Å². The van der Waals surface area contributed by atoms with E-state index in [2.05, 4.69) is 22.4 Å². The standard InChI is InChI=1S/C11H17NOS2/c13-10(8-12-5-1-2-6-12)9-15-11-4-3-7-14-11/h3-4,7,10,13H,1-2,5-6,8-9H2/t10-/m1/s1. The monoisotopic (exact) mass is 243 g/mol. The van der Waals surface area contributed by atoms with Crippen molar-refractivity contribution < 1.29 is 5.11 Å². The molecule has 2 heterocycles. The van der Waals surface area contributed by atoms with Crippen LogP contribution in [-0.4, -0.2) is 41.5 Å². The molecule has 0 spiro atoms. The largest absolute Gasteiger partial charge is 0.391 e. The second-order valence-electron chi connectivity index (χ2n) is 3.90. The molecule has 0 amide bonds. The van der Waals surface area contributed by atoms with Gasteiger partial charge in [-0.25, -0.2) is 0 Å². The maximum Gasteiger partial charge on any atom is 0.0761 e. The van der Waals surface area contributed by atoms with Crippen LogP contribution >= 0.6 is 23.1 Å². The van der Waals surface area contributed by atoms with Crippen LogP contribution in [0.4, 0.5) is 0 Å². The molecule has 0 aromatic carbocycles. The third-order valence-corrected chi connectivity index (χ3v) is 4.86. The smallest absolute Gasteiger partial charge is 0.0761 e. The predicted molar refractivity (Wildman–Crippen MR) is 66.7 cm³/mol. The second kappa shape index (κ2) is 5.89. The lowest BCUT2D eigenvalue weighted by Crippen LogP contribution is -2.31. The van der Waals surface area contributed by atoms with Crippen LogP contribution in [0.2, 0.25) is 0 Å². The molecule has 1 N–H and O–H groups in total. The first-order valence-electron chi connectivity index (χ1n) is 5.41. The number of nitrogens with zero attached hydrogens (tertiary/aromatic N) is 1. The third kappa shape index (κ3) is 3.79. The van der Waals surface area contributed by atoms with Gasteiger partial charge in [-0.3, -0.25) is 0 Å². The van der Waals surface area contributed by atoms with Gasteiger partial charge in [0.2, 0.25) is 0 Å². The van der Waals surface area contributed by atoms with E-state index in [1.54, 1.807) is 23.1 Å². The molecule has 4 heteroatoms. The summed E-state index contributed by atoms with van der Waals surface area (Å²) < 4.78 is 1.30. The molecule has 1 atom stereocenters. The fraction of sp³-hybridized carbons (Fsp3) is 0.636. The predicted octanol–water partition coefficient (Wildman–Crippen LogP) is 2.30. The third-order valence-electron chi connectivity index (χ3n) is 2.58. The fourth-order valence-electron chi connectivity index (χ4n) is 1.84. The SMILES string of the molecule is O[C@@H](CSc1cccs1)CN1CCCC1. The zero-order valence-corrected chi connectivity index (χ0v) is 10.4. The average molecular weight is 243 g/mol. The number of aliphatic hydroxyl groups excluding tert-OH is 1. The van der Waals surface area contributed by atoms with Crippen molar-refractivity contribution in [3.63, 3.8) is 0 Å². The normalized spacial score (nSPS) is 19.5. The molecule has 1 aliphatic rings. The Labute approximate surface area is 99.3 Å². The Kier molecular flexibility index (Phi) is 4.50. The van der Waals surface area contributed by atoms with Crippen molar-refractivity contribution in [3.05, 3.63) is 17.5 Å². The summed E-state index contributed by atoms with van der Waals surface area (Å²) in [5, 5.41) is 11.9. The van der Waals surface area contributed by atoms with E-state index in [0.717, 1.165) is 12.3 Å². The van der Waals surface area contributed by atoms with E-state index in [-0.39, 0.29) is 6.10 Å². The molecule has 15 heavy (non-hydrogen) atoms. The van der Waals surface area contributed by atoms with Crippen LogP contribution in [0.3, 0.4) is 0 Å². The molecule has 1 aromatic heterocycles. The van der Waals surface area contributed by atoms with Gasteiger partial charge >= 0.3 is 0 Å². The van der Waals surface area contributed by atoms with Crippen molar-refractivity contribution in [2.75, 3.05) is 25.4 Å². The Morgan fingerprint density at radius 2 is 2.27 bits per heavy atom. The molecule has 0 aliphatic carbocycles. The van der Waals surface area contributed by atoms with Crippen LogP contribution in [0.5, 0.6) is 0 Å². The van der Waals surface area contributed by atoms with Gasteiger partial charge in [0.15, 0.2) is 0 Å². The van der Waals surface area contributed by atoms with Crippen molar-refractivity contribution in [2.24, 2.45) is 0 Å². The summed E-state index contributed by atoms with van der Waals surface area (Å²) in [6.45, 7) is 3.18. The first-order valence-corrected chi connectivity index (χ1v) is 7.28. The quantitative estimate of drug-likeness (QED) is 0.803. The minimum absolute atomic E-state index is 0.185. The van der Waals surface area contributed by atoms with Crippen LogP contribution in [-0.2, 0) is 0 Å². The fourth-order valence-corrected chi connectivity index (χ4v) is 3.57. The molecule has 0 bridgehead atoms. The number of β-amino-alcohol motifs (C(OH)–C–C–N with tert-alkyl or cyclic N) is 1. The van der Waals surface area contributed by atoms with Gasteiger partial charge in [-0.1, -0.05) is 6.07 Å². The second-order valence-corrected chi connectivity index (χ2v) is 6.17. The van der Waals surface area contributed by atoms with E-state index in [1.807, 2.05) is 0 Å². The van der Waals surface area contributed by atoms with Crippen LogP contribution in [0.1, 0.15) is 12.8 Å². The molecule has 0 unspecified atom stereocenters. The van der Waals surface area contributed by atoms with Crippen LogP contribution in [0.25, 0.3) is 0 Å². The highest BCUT2D eigenvalue weighted by Gasteiger charge is 2.15. The lowest BCUT2D eigenvalue weighted by Gasteiger charge is -2.18. The van der Waals surface area contributed by atoms with Gasteiger partial charge in [-0.05, 0) is 37.4 Å². The molecule has 1 aromatic rings. The molecule has 0 radical (unpaired) electrons. The summed E-state index contributed by atoms with van der Waals surface area (Å²) in [7, 11) is 0. The molecule has 0 saturated carbocycles. The number of aliphatic hydroxyl groups is 1. The molecular weight excluding hydrogens is 226 g/mol. The van der Waals surface area contributed by atoms with Crippen molar-refractivity contribution >= 4 is 23.1 Å². The number of hydrogen-bond acceptors (Lipinski definition) is 4. The molecule has 2 nitrogen and oxygen atoms in total. The minimum Gasteiger partial charge on any atom is -0.391 e. The first kappa shape index (κ1) is 11.5. The van der Waals surface area contributed by atoms with Gasteiger partial charge < -0.3 is 10.0 Å². The van der Waals surface area contributed by atoms with E-state index in [9.17, 15) is 5.11 Å². The highest BCUT2D eigenvalue weighted by molar-refractivity contribution is 8.01. The maximum atomic E-state index is 9.85. The van der Waals surface area contributed by atoms with Gasteiger partial charge in [0, 0.05) is 12.3 Å². The lowest BCUT2D eigenvalue weighted by atomic mass is 10.4. The maximum absolute atomic E-state index is 9.85. The van der Waals surface area contributed by atoms with Gasteiger partial charge in [0.05, 0.1) is 10.3 Å². The Morgan fingerprint density at radius 1 is 1.47 bits per heavy atom. The molecule has 1 saturated heterocycles. The molecule has 2 rings (SSSR count). The molecule has 1 aliphatic heterocycles. The summed E-state index contributed by atoms with van der Waals surface area (Å²) in [6, 6.07) is 4.16. The van der Waals surface area contributed by atoms with Gasteiger partial charge in [-0.15, -0.1) is 23.1 Å². The summed E-state index contributed by atoms with van der Waals surface area (Å²) >= 11 is 3.51. The van der Waals surface area contributed by atoms with E-state index < -0.39 is 0 Å². The Balaban J connectivity index is 1.66. The van der Waals surface area contributed by atoms with Crippen LogP contribution < -0.4 is 0 Å². The summed E-state index contributed by atoms with van der Waals surface area (Å²) in [5.74, 6) is 0.816. The number of hydrogen-bond donors (Lipinski definition) is 1. The molecule has 1 fully saturated rings. The topological polar surface area (TPSA) is 23.5 Å². The molecule has 84 valence electrons. The van der Waals surface area contributed by atoms with Crippen LogP contribution in [0, 0.1) is 0 Å². The van der Waals surface area contributed by atoms with Crippen molar-refractivity contribution in [1.82, 2.24) is 4.90 Å². The Hall–Kier alpha value is -0.0300.